The molecule has 6 nitrogen and oxygen atoms in total. The number of carbonyl (C=O) groups is 2. The van der Waals surface area contributed by atoms with Crippen LogP contribution >= 0.6 is 15.9 Å². The number of aromatic hydroxyl groups is 1. The Bertz CT molecular complexity index is 556. The van der Waals surface area contributed by atoms with Crippen LogP contribution in [0.4, 0.5) is 0 Å². The van der Waals surface area contributed by atoms with Gasteiger partial charge in [-0.3, -0.25) is 14.5 Å². The monoisotopic (exact) mass is 356 g/mol. The number of carboxylic acid groups (broad SMARTS) is 1. The van der Waals surface area contributed by atoms with E-state index >= 15 is 0 Å². The highest BCUT2D eigenvalue weighted by Gasteiger charge is 2.27. The van der Waals surface area contributed by atoms with Crippen molar-refractivity contribution in [2.45, 2.75) is 13.0 Å². The first-order valence-corrected chi connectivity index (χ1v) is 7.44. The number of piperazine rings is 1. The number of rotatable bonds is 3. The Hall–Kier alpha value is -1.60. The van der Waals surface area contributed by atoms with E-state index in [4.69, 9.17) is 5.11 Å². The van der Waals surface area contributed by atoms with Crippen LogP contribution in [0.25, 0.3) is 0 Å². The van der Waals surface area contributed by atoms with E-state index in [-0.39, 0.29) is 11.7 Å². The molecule has 2 rings (SSSR count). The molecule has 1 unspecified atom stereocenters. The number of phenolic OH excluding ortho intramolecular Hbond substituents is 1. The number of hydrogen-bond donors (Lipinski definition) is 2. The van der Waals surface area contributed by atoms with Crippen molar-refractivity contribution >= 4 is 27.8 Å². The molecule has 21 heavy (non-hydrogen) atoms. The maximum absolute atomic E-state index is 12.3. The number of nitrogens with zero attached hydrogens (tertiary/aromatic N) is 2. The quantitative estimate of drug-likeness (QED) is 0.855. The Morgan fingerprint density at radius 2 is 1.86 bits per heavy atom. The Morgan fingerprint density at radius 1 is 1.24 bits per heavy atom. The van der Waals surface area contributed by atoms with Crippen LogP contribution in [-0.4, -0.2) is 64.1 Å². The lowest BCUT2D eigenvalue weighted by molar-refractivity contribution is -0.143. The first kappa shape index (κ1) is 15.8. The number of carbonyl (C=O) groups excluding carboxylic acids is 1. The second-order valence-electron chi connectivity index (χ2n) is 5.01. The van der Waals surface area contributed by atoms with Crippen molar-refractivity contribution in [1.82, 2.24) is 9.80 Å². The zero-order valence-electron chi connectivity index (χ0n) is 11.6. The number of aliphatic carboxylic acids is 1. The average Bonchev–Trinajstić information content (AvgIpc) is 2.48. The molecule has 1 atom stereocenters. The van der Waals surface area contributed by atoms with E-state index in [1.165, 1.54) is 6.07 Å². The van der Waals surface area contributed by atoms with Gasteiger partial charge in [0.15, 0.2) is 0 Å². The molecule has 0 aromatic heterocycles. The Morgan fingerprint density at radius 3 is 2.38 bits per heavy atom. The maximum atomic E-state index is 12.3. The van der Waals surface area contributed by atoms with Crippen LogP contribution in [0, 0.1) is 0 Å². The van der Waals surface area contributed by atoms with Gasteiger partial charge in [-0.25, -0.2) is 0 Å². The van der Waals surface area contributed by atoms with Crippen molar-refractivity contribution in [3.8, 4) is 5.75 Å². The van der Waals surface area contributed by atoms with E-state index in [1.807, 2.05) is 4.90 Å². The molecular formula is C14H17BrN2O4. The summed E-state index contributed by atoms with van der Waals surface area (Å²) >= 11 is 3.17. The van der Waals surface area contributed by atoms with Gasteiger partial charge in [-0.05, 0) is 41.1 Å². The van der Waals surface area contributed by atoms with Gasteiger partial charge in [-0.15, -0.1) is 0 Å². The summed E-state index contributed by atoms with van der Waals surface area (Å²) in [7, 11) is 0. The van der Waals surface area contributed by atoms with Crippen molar-refractivity contribution in [2.75, 3.05) is 26.2 Å². The van der Waals surface area contributed by atoms with Crippen LogP contribution < -0.4 is 0 Å². The normalized spacial score (nSPS) is 17.5. The summed E-state index contributed by atoms with van der Waals surface area (Å²) < 4.78 is 0.541. The van der Waals surface area contributed by atoms with Crippen molar-refractivity contribution in [2.24, 2.45) is 0 Å². The fourth-order valence-corrected chi connectivity index (χ4v) is 2.54. The molecule has 0 saturated carbocycles. The zero-order valence-corrected chi connectivity index (χ0v) is 13.2. The van der Waals surface area contributed by atoms with E-state index in [0.29, 0.717) is 36.2 Å². The molecule has 1 aromatic carbocycles. The largest absolute Gasteiger partial charge is 0.507 e. The highest BCUT2D eigenvalue weighted by atomic mass is 79.9. The number of carboxylic acids is 1. The fourth-order valence-electron chi connectivity index (χ4n) is 2.30. The van der Waals surface area contributed by atoms with Gasteiger partial charge in [0.1, 0.15) is 11.8 Å². The molecule has 0 bridgehead atoms. The van der Waals surface area contributed by atoms with Crippen LogP contribution in [0.15, 0.2) is 22.7 Å². The van der Waals surface area contributed by atoms with E-state index in [2.05, 4.69) is 15.9 Å². The van der Waals surface area contributed by atoms with Crippen LogP contribution in [0.3, 0.4) is 0 Å². The number of hydrogen-bond acceptors (Lipinski definition) is 4. The lowest BCUT2D eigenvalue weighted by Crippen LogP contribution is -2.53. The maximum Gasteiger partial charge on any atom is 0.320 e. The molecule has 1 saturated heterocycles. The highest BCUT2D eigenvalue weighted by molar-refractivity contribution is 9.10. The average molecular weight is 357 g/mol. The SMILES string of the molecule is CC(C(=O)O)N1CCN(C(=O)c2ccc(Br)c(O)c2)CC1. The molecule has 7 heteroatoms. The second kappa shape index (κ2) is 6.44. The molecule has 1 aliphatic rings. The van der Waals surface area contributed by atoms with Crippen molar-refractivity contribution in [3.05, 3.63) is 28.2 Å². The fraction of sp³-hybridized carbons (Fsp3) is 0.429. The van der Waals surface area contributed by atoms with Gasteiger partial charge >= 0.3 is 5.97 Å². The minimum Gasteiger partial charge on any atom is -0.507 e. The molecule has 1 aromatic rings. The minimum atomic E-state index is -0.854. The third-order valence-corrected chi connectivity index (χ3v) is 4.37. The van der Waals surface area contributed by atoms with Crippen LogP contribution in [0.2, 0.25) is 0 Å². The summed E-state index contributed by atoms with van der Waals surface area (Å²) in [6.45, 7) is 3.66. The number of phenols is 1. The van der Waals surface area contributed by atoms with Crippen molar-refractivity contribution in [1.29, 1.82) is 0 Å². The first-order chi connectivity index (χ1) is 9.90. The van der Waals surface area contributed by atoms with Crippen molar-refractivity contribution in [3.63, 3.8) is 0 Å². The predicted octanol–water partition coefficient (Wildman–Crippen LogP) is 1.39. The van der Waals surface area contributed by atoms with E-state index in [0.717, 1.165) is 0 Å². The molecular weight excluding hydrogens is 340 g/mol. The van der Waals surface area contributed by atoms with E-state index in [9.17, 15) is 14.7 Å². The van der Waals surface area contributed by atoms with Crippen LogP contribution in [0.1, 0.15) is 17.3 Å². The first-order valence-electron chi connectivity index (χ1n) is 6.65. The third-order valence-electron chi connectivity index (χ3n) is 3.70. The highest BCUT2D eigenvalue weighted by Crippen LogP contribution is 2.25. The summed E-state index contributed by atoms with van der Waals surface area (Å²) in [6.07, 6.45) is 0. The summed E-state index contributed by atoms with van der Waals surface area (Å²) in [6, 6.07) is 4.17. The summed E-state index contributed by atoms with van der Waals surface area (Å²) in [5, 5.41) is 18.6. The summed E-state index contributed by atoms with van der Waals surface area (Å²) in [4.78, 5) is 26.8. The lowest BCUT2D eigenvalue weighted by atomic mass is 10.1. The molecule has 1 aliphatic heterocycles. The van der Waals surface area contributed by atoms with Gasteiger partial charge in [0.2, 0.25) is 0 Å². The summed E-state index contributed by atoms with van der Waals surface area (Å²) in [5.74, 6) is -0.980. The standard InChI is InChI=1S/C14H17BrN2O4/c1-9(14(20)21)16-4-6-17(7-5-16)13(19)10-2-3-11(15)12(18)8-10/h2-3,8-9,18H,4-7H2,1H3,(H,20,21). The van der Waals surface area contributed by atoms with Gasteiger partial charge in [-0.2, -0.15) is 0 Å². The van der Waals surface area contributed by atoms with Gasteiger partial charge in [0.05, 0.1) is 4.47 Å². The van der Waals surface area contributed by atoms with Crippen LogP contribution in [-0.2, 0) is 4.79 Å². The topological polar surface area (TPSA) is 81.1 Å². The molecule has 114 valence electrons. The van der Waals surface area contributed by atoms with E-state index < -0.39 is 12.0 Å². The van der Waals surface area contributed by atoms with Gasteiger partial charge in [-0.1, -0.05) is 0 Å². The van der Waals surface area contributed by atoms with Gasteiger partial charge in [0.25, 0.3) is 5.91 Å². The number of amides is 1. The Labute approximate surface area is 131 Å². The Kier molecular flexibility index (Phi) is 4.84. The molecule has 2 N–H and O–H groups in total. The van der Waals surface area contributed by atoms with E-state index in [1.54, 1.807) is 24.0 Å². The smallest absolute Gasteiger partial charge is 0.320 e. The summed E-state index contributed by atoms with van der Waals surface area (Å²) in [5.41, 5.74) is 0.426. The Balaban J connectivity index is 2.00. The molecule has 0 aliphatic carbocycles. The van der Waals surface area contributed by atoms with Crippen LogP contribution in [0.5, 0.6) is 5.75 Å². The lowest BCUT2D eigenvalue weighted by Gasteiger charge is -2.36. The van der Waals surface area contributed by atoms with Gasteiger partial charge < -0.3 is 15.1 Å². The zero-order chi connectivity index (χ0) is 15.6. The molecule has 0 spiro atoms. The van der Waals surface area contributed by atoms with Crippen molar-refractivity contribution < 1.29 is 19.8 Å². The molecule has 1 amide bonds. The minimum absolute atomic E-state index is 0.0268. The number of benzene rings is 1. The second-order valence-corrected chi connectivity index (χ2v) is 5.86. The third kappa shape index (κ3) is 3.54. The predicted molar refractivity (Wildman–Crippen MR) is 80.4 cm³/mol. The molecule has 1 fully saturated rings. The van der Waals surface area contributed by atoms with Gasteiger partial charge in [0, 0.05) is 31.7 Å². The number of halogens is 1. The molecule has 1 heterocycles. The molecule has 0 radical (unpaired) electrons.